The van der Waals surface area contributed by atoms with Gasteiger partial charge < -0.3 is 5.32 Å². The van der Waals surface area contributed by atoms with Gasteiger partial charge in [-0.1, -0.05) is 64.5 Å². The summed E-state index contributed by atoms with van der Waals surface area (Å²) in [6.45, 7) is 0. The van der Waals surface area contributed by atoms with Crippen molar-refractivity contribution in [3.63, 3.8) is 0 Å². The quantitative estimate of drug-likeness (QED) is 0.393. The predicted molar refractivity (Wildman–Crippen MR) is 124 cm³/mol. The van der Waals surface area contributed by atoms with Crippen molar-refractivity contribution in [3.05, 3.63) is 106 Å². The molecule has 0 saturated carbocycles. The van der Waals surface area contributed by atoms with Crippen LogP contribution in [0.1, 0.15) is 31.1 Å². The summed E-state index contributed by atoms with van der Waals surface area (Å²) in [4.78, 5) is 40.3. The first kappa shape index (κ1) is 19.2. The van der Waals surface area contributed by atoms with E-state index >= 15 is 0 Å². The van der Waals surface area contributed by atoms with Crippen molar-refractivity contribution in [1.29, 1.82) is 0 Å². The van der Waals surface area contributed by atoms with Gasteiger partial charge in [0, 0.05) is 10.0 Å². The van der Waals surface area contributed by atoms with E-state index in [9.17, 15) is 14.4 Å². The van der Waals surface area contributed by atoms with Gasteiger partial charge in [0.15, 0.2) is 0 Å². The molecular weight excluding hydrogens is 456 g/mol. The lowest BCUT2D eigenvalue weighted by Crippen LogP contribution is -2.29. The number of rotatable bonds is 3. The smallest absolute Gasteiger partial charge is 0.268 e. The lowest BCUT2D eigenvalue weighted by Gasteiger charge is -2.14. The maximum atomic E-state index is 13.2. The Bertz CT molecular complexity index is 1380. The normalized spacial score (nSPS) is 12.9. The van der Waals surface area contributed by atoms with Crippen molar-refractivity contribution in [2.45, 2.75) is 0 Å². The highest BCUT2D eigenvalue weighted by Gasteiger charge is 2.38. The maximum absolute atomic E-state index is 13.2. The summed E-state index contributed by atoms with van der Waals surface area (Å²) >= 11 is 3.51. The molecule has 3 amide bonds. The minimum Gasteiger partial charge on any atom is -0.321 e. The number of amides is 3. The molecule has 4 aromatic rings. The molecule has 5 nitrogen and oxygen atoms in total. The molecule has 0 saturated heterocycles. The van der Waals surface area contributed by atoms with Crippen molar-refractivity contribution in [3.8, 4) is 0 Å². The van der Waals surface area contributed by atoms with Gasteiger partial charge in [-0.25, -0.2) is 4.90 Å². The molecule has 0 aliphatic carbocycles. The standard InChI is InChI=1S/C25H15BrN2O3/c26-20-13-5-9-16-17(20)10-4-11-18(16)23(29)27-21-14-6-12-19-22(21)25(31)28(24(19)30)15-7-2-1-3-8-15/h1-14H,(H,27,29). The van der Waals surface area contributed by atoms with Crippen molar-refractivity contribution >= 4 is 55.8 Å². The van der Waals surface area contributed by atoms with Crippen LogP contribution in [0.4, 0.5) is 11.4 Å². The van der Waals surface area contributed by atoms with Crippen LogP contribution in [0, 0.1) is 0 Å². The second kappa shape index (κ2) is 7.49. The van der Waals surface area contributed by atoms with Gasteiger partial charge in [0.2, 0.25) is 0 Å². The van der Waals surface area contributed by atoms with Crippen LogP contribution in [0.3, 0.4) is 0 Å². The molecule has 1 aliphatic heterocycles. The van der Waals surface area contributed by atoms with E-state index in [1.807, 2.05) is 36.4 Å². The monoisotopic (exact) mass is 470 g/mol. The Morgan fingerprint density at radius 1 is 0.742 bits per heavy atom. The Balaban J connectivity index is 1.54. The van der Waals surface area contributed by atoms with E-state index in [1.54, 1.807) is 48.5 Å². The number of carbonyl (C=O) groups excluding carboxylic acids is 3. The minimum atomic E-state index is -0.456. The number of nitrogens with zero attached hydrogens (tertiary/aromatic N) is 1. The van der Waals surface area contributed by atoms with Gasteiger partial charge in [0.1, 0.15) is 0 Å². The topological polar surface area (TPSA) is 66.5 Å². The molecule has 0 unspecified atom stereocenters. The van der Waals surface area contributed by atoms with Gasteiger partial charge in [-0.2, -0.15) is 0 Å². The van der Waals surface area contributed by atoms with Crippen LogP contribution >= 0.6 is 15.9 Å². The van der Waals surface area contributed by atoms with Crippen LogP contribution in [0.5, 0.6) is 0 Å². The summed E-state index contributed by atoms with van der Waals surface area (Å²) < 4.78 is 0.888. The molecule has 6 heteroatoms. The number of hydrogen-bond acceptors (Lipinski definition) is 3. The molecule has 4 aromatic carbocycles. The van der Waals surface area contributed by atoms with E-state index in [4.69, 9.17) is 0 Å². The molecule has 0 bridgehead atoms. The van der Waals surface area contributed by atoms with Gasteiger partial charge in [-0.05, 0) is 47.2 Å². The number of imide groups is 1. The second-order valence-corrected chi connectivity index (χ2v) is 7.96. The largest absolute Gasteiger partial charge is 0.321 e. The summed E-state index contributed by atoms with van der Waals surface area (Å²) in [6.07, 6.45) is 0. The highest BCUT2D eigenvalue weighted by atomic mass is 79.9. The van der Waals surface area contributed by atoms with Crippen LogP contribution in [0.15, 0.2) is 89.4 Å². The number of hydrogen-bond donors (Lipinski definition) is 1. The van der Waals surface area contributed by atoms with Crippen LogP contribution in [-0.4, -0.2) is 17.7 Å². The van der Waals surface area contributed by atoms with E-state index < -0.39 is 11.8 Å². The van der Waals surface area contributed by atoms with Crippen molar-refractivity contribution < 1.29 is 14.4 Å². The summed E-state index contributed by atoms with van der Waals surface area (Å²) in [7, 11) is 0. The van der Waals surface area contributed by atoms with Gasteiger partial charge in [-0.15, -0.1) is 0 Å². The molecule has 0 spiro atoms. The lowest BCUT2D eigenvalue weighted by atomic mass is 10.0. The number of fused-ring (bicyclic) bond motifs is 2. The first-order chi connectivity index (χ1) is 15.1. The third kappa shape index (κ3) is 3.12. The third-order valence-electron chi connectivity index (χ3n) is 5.29. The van der Waals surface area contributed by atoms with Gasteiger partial charge in [0.25, 0.3) is 17.7 Å². The van der Waals surface area contributed by atoms with Crippen LogP contribution in [-0.2, 0) is 0 Å². The van der Waals surface area contributed by atoms with E-state index in [2.05, 4.69) is 21.2 Å². The van der Waals surface area contributed by atoms with Crippen molar-refractivity contribution in [2.24, 2.45) is 0 Å². The Morgan fingerprint density at radius 2 is 1.45 bits per heavy atom. The molecule has 0 radical (unpaired) electrons. The fourth-order valence-corrected chi connectivity index (χ4v) is 4.36. The number of halogens is 1. The number of nitrogens with one attached hydrogen (secondary N) is 1. The zero-order valence-electron chi connectivity index (χ0n) is 16.1. The number of carbonyl (C=O) groups is 3. The average Bonchev–Trinajstić information content (AvgIpc) is 3.05. The first-order valence-corrected chi connectivity index (χ1v) is 10.4. The van der Waals surface area contributed by atoms with E-state index in [-0.39, 0.29) is 17.0 Å². The molecule has 0 fully saturated rings. The minimum absolute atomic E-state index is 0.200. The van der Waals surface area contributed by atoms with Gasteiger partial charge >= 0.3 is 0 Å². The number of anilines is 2. The molecule has 5 rings (SSSR count). The molecule has 1 heterocycles. The van der Waals surface area contributed by atoms with Crippen LogP contribution in [0.2, 0.25) is 0 Å². The molecule has 150 valence electrons. The molecular formula is C25H15BrN2O3. The van der Waals surface area contributed by atoms with Crippen molar-refractivity contribution in [2.75, 3.05) is 10.2 Å². The van der Waals surface area contributed by atoms with E-state index in [0.29, 0.717) is 16.9 Å². The summed E-state index contributed by atoms with van der Waals surface area (Å²) in [5.74, 6) is -1.21. The van der Waals surface area contributed by atoms with Crippen LogP contribution < -0.4 is 10.2 Å². The fourth-order valence-electron chi connectivity index (χ4n) is 3.86. The molecule has 1 aliphatic rings. The van der Waals surface area contributed by atoms with Crippen molar-refractivity contribution in [1.82, 2.24) is 0 Å². The van der Waals surface area contributed by atoms with E-state index in [1.165, 1.54) is 0 Å². The SMILES string of the molecule is O=C(Nc1cccc2c1C(=O)N(c1ccccc1)C2=O)c1cccc2c(Br)cccc12. The van der Waals surface area contributed by atoms with Gasteiger partial charge in [-0.3, -0.25) is 14.4 Å². The first-order valence-electron chi connectivity index (χ1n) is 9.61. The predicted octanol–water partition coefficient (Wildman–Crippen LogP) is 5.66. The van der Waals surface area contributed by atoms with Crippen LogP contribution in [0.25, 0.3) is 10.8 Å². The molecule has 0 atom stereocenters. The molecule has 1 N–H and O–H groups in total. The lowest BCUT2D eigenvalue weighted by molar-refractivity contribution is 0.0926. The Kier molecular flexibility index (Phi) is 4.64. The average molecular weight is 471 g/mol. The Morgan fingerprint density at radius 3 is 2.26 bits per heavy atom. The van der Waals surface area contributed by atoms with Gasteiger partial charge in [0.05, 0.1) is 22.5 Å². The molecule has 0 aromatic heterocycles. The van der Waals surface area contributed by atoms with E-state index in [0.717, 1.165) is 20.1 Å². The summed E-state index contributed by atoms with van der Waals surface area (Å²) in [5.41, 5.74) is 1.75. The summed E-state index contributed by atoms with van der Waals surface area (Å²) in [5, 5.41) is 4.54. The Hall–Kier alpha value is -3.77. The second-order valence-electron chi connectivity index (χ2n) is 7.10. The highest BCUT2D eigenvalue weighted by molar-refractivity contribution is 9.10. The highest BCUT2D eigenvalue weighted by Crippen LogP contribution is 2.33. The zero-order chi connectivity index (χ0) is 21.5. The molecule has 31 heavy (non-hydrogen) atoms. The maximum Gasteiger partial charge on any atom is 0.268 e. The number of benzene rings is 4. The zero-order valence-corrected chi connectivity index (χ0v) is 17.7. The Labute approximate surface area is 186 Å². The fraction of sp³-hybridized carbons (Fsp3) is 0. The third-order valence-corrected chi connectivity index (χ3v) is 5.98. The number of para-hydroxylation sites is 1. The summed E-state index contributed by atoms with van der Waals surface area (Å²) in [6, 6.07) is 24.8.